The summed E-state index contributed by atoms with van der Waals surface area (Å²) in [5, 5.41) is 19.6. The van der Waals surface area contributed by atoms with Crippen LogP contribution in [-0.2, 0) is 19.1 Å². The number of aromatic hydroxyl groups is 1. The highest BCUT2D eigenvalue weighted by atomic mass is 32.1. The van der Waals surface area contributed by atoms with E-state index in [-0.39, 0.29) is 33.8 Å². The molecule has 0 radical (unpaired) electrons. The summed E-state index contributed by atoms with van der Waals surface area (Å²) in [7, 11) is 0. The van der Waals surface area contributed by atoms with Gasteiger partial charge in [-0.2, -0.15) is 13.2 Å². The molecule has 148 valence electrons. The maximum atomic E-state index is 13.4. The number of fused-ring (bicyclic) bond motifs is 1. The van der Waals surface area contributed by atoms with Gasteiger partial charge in [-0.05, 0) is 24.1 Å². The molecule has 2 aromatic carbocycles. The highest BCUT2D eigenvalue weighted by Gasteiger charge is 2.35. The summed E-state index contributed by atoms with van der Waals surface area (Å²) in [4.78, 5) is 4.54. The van der Waals surface area contributed by atoms with Gasteiger partial charge in [-0.15, -0.1) is 11.3 Å². The van der Waals surface area contributed by atoms with Crippen LogP contribution < -0.4 is 5.49 Å². The summed E-state index contributed by atoms with van der Waals surface area (Å²) in [6, 6.07) is 16.0. The minimum atomic E-state index is -4.57. The van der Waals surface area contributed by atoms with Gasteiger partial charge in [0, 0.05) is 11.9 Å². The number of alkyl halides is 3. The fourth-order valence-corrected chi connectivity index (χ4v) is 4.18. The van der Waals surface area contributed by atoms with Gasteiger partial charge in [0.15, 0.2) is 0 Å². The lowest BCUT2D eigenvalue weighted by Crippen LogP contribution is -2.26. The van der Waals surface area contributed by atoms with Crippen LogP contribution in [0, 0.1) is 5.41 Å². The van der Waals surface area contributed by atoms with E-state index in [1.165, 1.54) is 10.6 Å². The number of benzene rings is 2. The first-order valence-electron chi connectivity index (χ1n) is 8.82. The Morgan fingerprint density at radius 1 is 1.03 bits per heavy atom. The first-order valence-corrected chi connectivity index (χ1v) is 9.70. The Labute approximate surface area is 168 Å². The number of aromatic nitrogens is 2. The topological polar surface area (TPSA) is 61.9 Å². The lowest BCUT2D eigenvalue weighted by molar-refractivity contribution is -0.136. The Kier molecular flexibility index (Phi) is 4.87. The normalized spacial score (nSPS) is 11.8. The van der Waals surface area contributed by atoms with E-state index in [0.717, 1.165) is 22.3 Å². The van der Waals surface area contributed by atoms with Crippen molar-refractivity contribution in [2.45, 2.75) is 19.1 Å². The van der Waals surface area contributed by atoms with Crippen molar-refractivity contribution >= 4 is 21.6 Å². The Bertz CT molecular complexity index is 1230. The molecular weight excluding hydrogens is 399 g/mol. The van der Waals surface area contributed by atoms with E-state index in [1.807, 2.05) is 30.3 Å². The molecule has 4 rings (SSSR count). The Balaban J connectivity index is 1.93. The summed E-state index contributed by atoms with van der Waals surface area (Å²) >= 11 is 0.847. The van der Waals surface area contributed by atoms with Crippen LogP contribution in [0.4, 0.5) is 13.2 Å². The van der Waals surface area contributed by atoms with Crippen LogP contribution in [0.3, 0.4) is 0 Å². The minimum absolute atomic E-state index is 0.0418. The van der Waals surface area contributed by atoms with Crippen LogP contribution in [-0.4, -0.2) is 14.7 Å². The predicted octanol–water partition coefficient (Wildman–Crippen LogP) is 5.21. The van der Waals surface area contributed by atoms with Crippen LogP contribution in [0.1, 0.15) is 11.1 Å². The Hall–Kier alpha value is -3.13. The summed E-state index contributed by atoms with van der Waals surface area (Å²) in [5.41, 5.74) is 0.243. The molecule has 4 aromatic rings. The fourth-order valence-electron chi connectivity index (χ4n) is 3.24. The van der Waals surface area contributed by atoms with Crippen LogP contribution >= 0.6 is 11.3 Å². The molecule has 0 unspecified atom stereocenters. The molecule has 29 heavy (non-hydrogen) atoms. The number of aryl methyl sites for hydroxylation is 1. The van der Waals surface area contributed by atoms with E-state index >= 15 is 0 Å². The molecule has 0 aliphatic heterocycles. The Morgan fingerprint density at radius 2 is 1.72 bits per heavy atom. The van der Waals surface area contributed by atoms with E-state index < -0.39 is 11.7 Å². The first kappa shape index (κ1) is 19.2. The largest absolute Gasteiger partial charge is 0.507 e. The monoisotopic (exact) mass is 415 g/mol. The number of halogens is 3. The zero-order valence-electron chi connectivity index (χ0n) is 15.1. The number of phenolic OH excluding ortho intramolecular Hbond substituents is 1. The van der Waals surface area contributed by atoms with Crippen molar-refractivity contribution in [2.75, 3.05) is 0 Å². The van der Waals surface area contributed by atoms with Gasteiger partial charge in [-0.1, -0.05) is 42.5 Å². The van der Waals surface area contributed by atoms with Crippen molar-refractivity contribution in [3.8, 4) is 17.1 Å². The number of para-hydroxylation sites is 1. The van der Waals surface area contributed by atoms with Gasteiger partial charge in [0.25, 0.3) is 0 Å². The van der Waals surface area contributed by atoms with Crippen LogP contribution in [0.5, 0.6) is 5.75 Å². The summed E-state index contributed by atoms with van der Waals surface area (Å²) in [6.07, 6.45) is -4.06. The van der Waals surface area contributed by atoms with Gasteiger partial charge in [0.2, 0.25) is 0 Å². The van der Waals surface area contributed by atoms with E-state index in [0.29, 0.717) is 12.0 Å². The number of nitrogens with zero attached hydrogens (tertiary/aromatic N) is 2. The quantitative estimate of drug-likeness (QED) is 0.481. The second-order valence-corrected chi connectivity index (χ2v) is 7.37. The van der Waals surface area contributed by atoms with Crippen LogP contribution in [0.2, 0.25) is 0 Å². The third kappa shape index (κ3) is 3.63. The van der Waals surface area contributed by atoms with E-state index in [4.69, 9.17) is 5.41 Å². The minimum Gasteiger partial charge on any atom is -0.507 e. The molecule has 0 aliphatic rings. The average Bonchev–Trinajstić information content (AvgIpc) is 3.13. The molecule has 0 atom stereocenters. The summed E-state index contributed by atoms with van der Waals surface area (Å²) < 4.78 is 41.8. The highest BCUT2D eigenvalue weighted by molar-refractivity contribution is 7.16. The SMILES string of the molecule is N=c1c2c(C(F)(F)F)csc2nc(-c2ccccc2O)n1CCc1ccccc1. The number of thiophene rings is 1. The third-order valence-corrected chi connectivity index (χ3v) is 5.53. The van der Waals surface area contributed by atoms with Gasteiger partial charge in [0.05, 0.1) is 16.5 Å². The van der Waals surface area contributed by atoms with E-state index in [9.17, 15) is 18.3 Å². The van der Waals surface area contributed by atoms with Crippen molar-refractivity contribution in [2.24, 2.45) is 0 Å². The second-order valence-electron chi connectivity index (χ2n) is 6.52. The standard InChI is InChI=1S/C21H16F3N3OS/c22-21(23,24)15-12-29-20-17(15)18(25)27(11-10-13-6-2-1-3-7-13)19(26-20)14-8-4-5-9-16(14)28/h1-9,12,25,28H,10-11H2. The van der Waals surface area contributed by atoms with Crippen molar-refractivity contribution in [1.29, 1.82) is 5.41 Å². The summed E-state index contributed by atoms with van der Waals surface area (Å²) in [6.45, 7) is 0.253. The molecule has 0 saturated carbocycles. The highest BCUT2D eigenvalue weighted by Crippen LogP contribution is 2.37. The van der Waals surface area contributed by atoms with Gasteiger partial charge in [0.1, 0.15) is 21.9 Å². The lowest BCUT2D eigenvalue weighted by Gasteiger charge is -2.16. The molecule has 0 saturated heterocycles. The zero-order chi connectivity index (χ0) is 20.6. The van der Waals surface area contributed by atoms with E-state index in [2.05, 4.69) is 4.98 Å². The second kappa shape index (κ2) is 7.36. The molecule has 0 amide bonds. The number of phenols is 1. The fraction of sp³-hybridized carbons (Fsp3) is 0.143. The smallest absolute Gasteiger partial charge is 0.418 e. The molecule has 0 bridgehead atoms. The van der Waals surface area contributed by atoms with Crippen molar-refractivity contribution in [3.63, 3.8) is 0 Å². The van der Waals surface area contributed by atoms with Crippen LogP contribution in [0.25, 0.3) is 21.6 Å². The number of hydrogen-bond acceptors (Lipinski definition) is 4. The third-order valence-electron chi connectivity index (χ3n) is 4.66. The molecular formula is C21H16F3N3OS. The molecule has 0 spiro atoms. The van der Waals surface area contributed by atoms with Gasteiger partial charge < -0.3 is 9.67 Å². The predicted molar refractivity (Wildman–Crippen MR) is 106 cm³/mol. The maximum Gasteiger partial charge on any atom is 0.418 e. The average molecular weight is 415 g/mol. The maximum absolute atomic E-state index is 13.4. The lowest BCUT2D eigenvalue weighted by atomic mass is 10.1. The van der Waals surface area contributed by atoms with E-state index in [1.54, 1.807) is 18.2 Å². The molecule has 2 heterocycles. The molecule has 0 aliphatic carbocycles. The van der Waals surface area contributed by atoms with Gasteiger partial charge >= 0.3 is 6.18 Å². The van der Waals surface area contributed by atoms with Crippen molar-refractivity contribution in [3.05, 3.63) is 76.6 Å². The molecule has 4 nitrogen and oxygen atoms in total. The van der Waals surface area contributed by atoms with Crippen LogP contribution in [0.15, 0.2) is 60.0 Å². The van der Waals surface area contributed by atoms with Crippen molar-refractivity contribution < 1.29 is 18.3 Å². The molecule has 0 fully saturated rings. The zero-order valence-corrected chi connectivity index (χ0v) is 15.9. The molecule has 8 heteroatoms. The molecule has 2 N–H and O–H groups in total. The molecule has 2 aromatic heterocycles. The number of nitrogens with one attached hydrogen (secondary N) is 1. The van der Waals surface area contributed by atoms with Gasteiger partial charge in [-0.25, -0.2) is 4.98 Å². The van der Waals surface area contributed by atoms with Gasteiger partial charge in [-0.3, -0.25) is 5.41 Å². The summed E-state index contributed by atoms with van der Waals surface area (Å²) in [5.74, 6) is 0.229. The van der Waals surface area contributed by atoms with Crippen molar-refractivity contribution in [1.82, 2.24) is 9.55 Å². The number of rotatable bonds is 4. The Morgan fingerprint density at radius 3 is 2.41 bits per heavy atom. The number of hydrogen-bond donors (Lipinski definition) is 2. The first-order chi connectivity index (χ1) is 13.9.